The summed E-state index contributed by atoms with van der Waals surface area (Å²) in [6.07, 6.45) is 2.46. The van der Waals surface area contributed by atoms with Gasteiger partial charge >= 0.3 is 0 Å². The first-order valence-corrected chi connectivity index (χ1v) is 7.24. The van der Waals surface area contributed by atoms with Gasteiger partial charge in [-0.25, -0.2) is 4.98 Å². The van der Waals surface area contributed by atoms with Crippen molar-refractivity contribution in [1.82, 2.24) is 20.1 Å². The van der Waals surface area contributed by atoms with Crippen LogP contribution in [0.4, 0.5) is 0 Å². The van der Waals surface area contributed by atoms with Gasteiger partial charge < -0.3 is 5.32 Å². The minimum absolute atomic E-state index is 0.459. The number of hydrogen-bond acceptors (Lipinski definition) is 4. The normalized spacial score (nSPS) is 19.6. The molecular weight excluding hydrogens is 244 g/mol. The fourth-order valence-corrected chi connectivity index (χ4v) is 3.52. The van der Waals surface area contributed by atoms with Crippen LogP contribution in [0.2, 0.25) is 0 Å². The van der Waals surface area contributed by atoms with E-state index >= 15 is 0 Å². The van der Waals surface area contributed by atoms with Crippen LogP contribution in [0, 0.1) is 13.8 Å². The van der Waals surface area contributed by atoms with E-state index in [4.69, 9.17) is 4.98 Å². The van der Waals surface area contributed by atoms with Gasteiger partial charge in [-0.3, -0.25) is 4.68 Å². The molecule has 4 nitrogen and oxygen atoms in total. The zero-order chi connectivity index (χ0) is 12.7. The van der Waals surface area contributed by atoms with Crippen LogP contribution < -0.4 is 5.32 Å². The Hall–Kier alpha value is -1.20. The molecule has 1 N–H and O–H groups in total. The number of aromatic nitrogens is 3. The van der Waals surface area contributed by atoms with E-state index in [0.29, 0.717) is 6.04 Å². The lowest BCUT2D eigenvalue weighted by atomic mass is 10.1. The van der Waals surface area contributed by atoms with E-state index in [1.54, 1.807) is 11.3 Å². The summed E-state index contributed by atoms with van der Waals surface area (Å²) in [5, 5.41) is 11.3. The summed E-state index contributed by atoms with van der Waals surface area (Å²) in [7, 11) is 1.98. The smallest absolute Gasteiger partial charge is 0.110 e. The van der Waals surface area contributed by atoms with Gasteiger partial charge in [0.25, 0.3) is 0 Å². The van der Waals surface area contributed by atoms with E-state index in [0.717, 1.165) is 17.9 Å². The summed E-state index contributed by atoms with van der Waals surface area (Å²) in [6, 6.07) is 0.459. The molecule has 18 heavy (non-hydrogen) atoms. The van der Waals surface area contributed by atoms with Gasteiger partial charge in [-0.05, 0) is 33.2 Å². The van der Waals surface area contributed by atoms with Crippen LogP contribution in [0.1, 0.15) is 35.3 Å². The molecule has 96 valence electrons. The highest BCUT2D eigenvalue weighted by Gasteiger charge is 2.21. The van der Waals surface area contributed by atoms with E-state index in [-0.39, 0.29) is 0 Å². The molecule has 2 aromatic heterocycles. The van der Waals surface area contributed by atoms with Crippen LogP contribution in [0.3, 0.4) is 0 Å². The van der Waals surface area contributed by atoms with Crippen LogP contribution >= 0.6 is 11.3 Å². The van der Waals surface area contributed by atoms with Crippen molar-refractivity contribution in [2.24, 2.45) is 7.05 Å². The first kappa shape index (κ1) is 11.9. The van der Waals surface area contributed by atoms with Crippen LogP contribution in [-0.4, -0.2) is 21.3 Å². The third kappa shape index (κ3) is 1.87. The lowest BCUT2D eigenvalue weighted by Crippen LogP contribution is -2.12. The highest BCUT2D eigenvalue weighted by molar-refractivity contribution is 7.10. The van der Waals surface area contributed by atoms with Gasteiger partial charge in [0.2, 0.25) is 0 Å². The Morgan fingerprint density at radius 1 is 1.44 bits per heavy atom. The van der Waals surface area contributed by atoms with Gasteiger partial charge in [0.15, 0.2) is 0 Å². The summed E-state index contributed by atoms with van der Waals surface area (Å²) in [4.78, 5) is 4.80. The standard InChI is InChI=1S/C13H18N4S/c1-8-12(9(2)17(3)16-8)11-7-18-13(15-11)10-5-4-6-14-10/h7,10,14H,4-6H2,1-3H3. The van der Waals surface area contributed by atoms with Crippen molar-refractivity contribution in [1.29, 1.82) is 0 Å². The van der Waals surface area contributed by atoms with E-state index in [9.17, 15) is 0 Å². The molecule has 0 aliphatic carbocycles. The molecule has 1 fully saturated rings. The SMILES string of the molecule is Cc1nn(C)c(C)c1-c1csc(C2CCCN2)n1. The number of thiazole rings is 1. The minimum atomic E-state index is 0.459. The van der Waals surface area contributed by atoms with Gasteiger partial charge in [0, 0.05) is 23.7 Å². The predicted octanol–water partition coefficient (Wildman–Crippen LogP) is 2.58. The third-order valence-corrected chi connectivity index (χ3v) is 4.60. The Bertz CT molecular complexity index is 564. The van der Waals surface area contributed by atoms with Crippen molar-refractivity contribution in [3.8, 4) is 11.3 Å². The zero-order valence-corrected chi connectivity index (χ0v) is 11.8. The molecule has 1 aliphatic rings. The van der Waals surface area contributed by atoms with Gasteiger partial charge in [-0.15, -0.1) is 11.3 Å². The van der Waals surface area contributed by atoms with Crippen molar-refractivity contribution in [3.63, 3.8) is 0 Å². The number of rotatable bonds is 2. The molecule has 3 rings (SSSR count). The summed E-state index contributed by atoms with van der Waals surface area (Å²) < 4.78 is 1.93. The van der Waals surface area contributed by atoms with Crippen molar-refractivity contribution < 1.29 is 0 Å². The molecule has 0 bridgehead atoms. The zero-order valence-electron chi connectivity index (χ0n) is 11.0. The molecule has 3 heterocycles. The van der Waals surface area contributed by atoms with Crippen LogP contribution in [0.15, 0.2) is 5.38 Å². The molecule has 5 heteroatoms. The predicted molar refractivity (Wildman–Crippen MR) is 73.8 cm³/mol. The molecule has 0 saturated carbocycles. The van der Waals surface area contributed by atoms with Crippen LogP contribution in [0.25, 0.3) is 11.3 Å². The molecule has 0 radical (unpaired) electrons. The lowest BCUT2D eigenvalue weighted by molar-refractivity contribution is 0.643. The minimum Gasteiger partial charge on any atom is -0.308 e. The number of nitrogens with zero attached hydrogens (tertiary/aromatic N) is 3. The van der Waals surface area contributed by atoms with Gasteiger partial charge in [-0.1, -0.05) is 0 Å². The highest BCUT2D eigenvalue weighted by Crippen LogP contribution is 2.32. The van der Waals surface area contributed by atoms with Crippen molar-refractivity contribution >= 4 is 11.3 Å². The molecule has 2 aromatic rings. The van der Waals surface area contributed by atoms with Crippen LogP contribution in [-0.2, 0) is 7.05 Å². The van der Waals surface area contributed by atoms with Crippen molar-refractivity contribution in [2.45, 2.75) is 32.7 Å². The Morgan fingerprint density at radius 2 is 2.28 bits per heavy atom. The first-order chi connectivity index (χ1) is 8.66. The quantitative estimate of drug-likeness (QED) is 0.904. The number of nitrogens with one attached hydrogen (secondary N) is 1. The largest absolute Gasteiger partial charge is 0.308 e. The summed E-state index contributed by atoms with van der Waals surface area (Å²) >= 11 is 1.76. The second-order valence-corrected chi connectivity index (χ2v) is 5.78. The maximum atomic E-state index is 4.80. The van der Waals surface area contributed by atoms with E-state index in [2.05, 4.69) is 29.6 Å². The molecule has 0 spiro atoms. The average Bonchev–Trinajstić information content (AvgIpc) is 3.01. The molecule has 1 aliphatic heterocycles. The highest BCUT2D eigenvalue weighted by atomic mass is 32.1. The first-order valence-electron chi connectivity index (χ1n) is 6.36. The fourth-order valence-electron chi connectivity index (χ4n) is 2.60. The Morgan fingerprint density at radius 3 is 2.89 bits per heavy atom. The molecule has 0 aromatic carbocycles. The third-order valence-electron chi connectivity index (χ3n) is 3.65. The number of aryl methyl sites for hydroxylation is 2. The van der Waals surface area contributed by atoms with Crippen LogP contribution in [0.5, 0.6) is 0 Å². The van der Waals surface area contributed by atoms with E-state index in [1.165, 1.54) is 29.1 Å². The van der Waals surface area contributed by atoms with Gasteiger partial charge in [0.05, 0.1) is 17.4 Å². The van der Waals surface area contributed by atoms with E-state index < -0.39 is 0 Å². The second-order valence-electron chi connectivity index (χ2n) is 4.89. The molecule has 1 unspecified atom stereocenters. The Balaban J connectivity index is 1.97. The number of hydrogen-bond donors (Lipinski definition) is 1. The van der Waals surface area contributed by atoms with Gasteiger partial charge in [0.1, 0.15) is 5.01 Å². The monoisotopic (exact) mass is 262 g/mol. The topological polar surface area (TPSA) is 42.7 Å². The summed E-state index contributed by atoms with van der Waals surface area (Å²) in [6.45, 7) is 5.27. The van der Waals surface area contributed by atoms with E-state index in [1.807, 2.05) is 11.7 Å². The second kappa shape index (κ2) is 4.48. The maximum Gasteiger partial charge on any atom is 0.110 e. The average molecular weight is 262 g/mol. The molecule has 0 amide bonds. The molecular formula is C13H18N4S. The molecule has 1 saturated heterocycles. The summed E-state index contributed by atoms with van der Waals surface area (Å²) in [5.41, 5.74) is 4.51. The summed E-state index contributed by atoms with van der Waals surface area (Å²) in [5.74, 6) is 0. The van der Waals surface area contributed by atoms with Crippen molar-refractivity contribution in [3.05, 3.63) is 21.8 Å². The maximum absolute atomic E-state index is 4.80. The Kier molecular flexibility index (Phi) is 2.95. The van der Waals surface area contributed by atoms with Crippen molar-refractivity contribution in [2.75, 3.05) is 6.54 Å². The van der Waals surface area contributed by atoms with Gasteiger partial charge in [-0.2, -0.15) is 5.10 Å². The Labute approximate surface area is 111 Å². The fraction of sp³-hybridized carbons (Fsp3) is 0.538. The molecule has 1 atom stereocenters. The lowest BCUT2D eigenvalue weighted by Gasteiger charge is -2.04.